The summed E-state index contributed by atoms with van der Waals surface area (Å²) < 4.78 is 38.9. The quantitative estimate of drug-likeness (QED) is 0.599. The number of carbonyl (C=O) groups excluding carboxylic acids is 2. The fraction of sp³-hybridized carbons (Fsp3) is 0.652. The first-order valence-corrected chi connectivity index (χ1v) is 12.8. The number of amides is 1. The molecule has 1 aromatic carbocycles. The summed E-state index contributed by atoms with van der Waals surface area (Å²) in [6.45, 7) is 7.83. The van der Waals surface area contributed by atoms with Crippen molar-refractivity contribution in [1.29, 1.82) is 0 Å². The average molecular weight is 467 g/mol. The van der Waals surface area contributed by atoms with Crippen LogP contribution in [0.25, 0.3) is 0 Å². The van der Waals surface area contributed by atoms with Crippen LogP contribution < -0.4 is 4.74 Å². The number of carbonyl (C=O) groups is 2. The van der Waals surface area contributed by atoms with E-state index in [1.54, 1.807) is 17.9 Å². The summed E-state index contributed by atoms with van der Waals surface area (Å²) >= 11 is 0. The van der Waals surface area contributed by atoms with Gasteiger partial charge in [-0.3, -0.25) is 9.59 Å². The van der Waals surface area contributed by atoms with Crippen molar-refractivity contribution in [1.82, 2.24) is 9.21 Å². The molecule has 0 spiro atoms. The van der Waals surface area contributed by atoms with Gasteiger partial charge in [-0.15, -0.1) is 0 Å². The molecule has 3 rings (SSSR count). The molecule has 9 heteroatoms. The molecule has 2 heterocycles. The highest BCUT2D eigenvalue weighted by Crippen LogP contribution is 2.32. The molecule has 0 aliphatic carbocycles. The van der Waals surface area contributed by atoms with Gasteiger partial charge in [0, 0.05) is 31.7 Å². The number of ether oxygens (including phenoxy) is 2. The summed E-state index contributed by atoms with van der Waals surface area (Å²) in [5.74, 6) is -0.203. The van der Waals surface area contributed by atoms with Gasteiger partial charge in [0.1, 0.15) is 10.6 Å². The lowest BCUT2D eigenvalue weighted by Gasteiger charge is -2.34. The molecule has 0 saturated carbocycles. The third-order valence-electron chi connectivity index (χ3n) is 6.19. The molecule has 2 aliphatic heterocycles. The molecule has 0 unspecified atom stereocenters. The van der Waals surface area contributed by atoms with Crippen molar-refractivity contribution in [2.24, 2.45) is 17.8 Å². The van der Waals surface area contributed by atoms with Crippen molar-refractivity contribution in [2.75, 3.05) is 39.9 Å². The van der Waals surface area contributed by atoms with Gasteiger partial charge in [0.2, 0.25) is 10.0 Å². The highest BCUT2D eigenvalue weighted by molar-refractivity contribution is 7.89. The van der Waals surface area contributed by atoms with E-state index in [1.807, 2.05) is 13.8 Å². The third-order valence-corrected chi connectivity index (χ3v) is 8.05. The number of likely N-dealkylation sites (tertiary alicyclic amines) is 1. The van der Waals surface area contributed by atoms with Crippen molar-refractivity contribution in [3.8, 4) is 5.75 Å². The van der Waals surface area contributed by atoms with Crippen LogP contribution in [0.1, 0.15) is 50.4 Å². The van der Waals surface area contributed by atoms with Crippen LogP contribution in [0, 0.1) is 17.8 Å². The number of hydrogen-bond acceptors (Lipinski definition) is 6. The predicted molar refractivity (Wildman–Crippen MR) is 120 cm³/mol. The van der Waals surface area contributed by atoms with Gasteiger partial charge in [-0.05, 0) is 56.2 Å². The molecule has 1 aromatic rings. The normalized spacial score (nSPS) is 24.8. The van der Waals surface area contributed by atoms with E-state index in [2.05, 4.69) is 0 Å². The van der Waals surface area contributed by atoms with E-state index in [1.165, 1.54) is 23.5 Å². The first-order chi connectivity index (χ1) is 15.2. The molecule has 178 valence electrons. The van der Waals surface area contributed by atoms with Gasteiger partial charge < -0.3 is 14.4 Å². The number of hydrogen-bond donors (Lipinski definition) is 0. The summed E-state index contributed by atoms with van der Waals surface area (Å²) in [6, 6.07) is 4.52. The molecule has 2 saturated heterocycles. The molecular formula is C23H34N2O6S. The molecule has 0 N–H and O–H groups in total. The summed E-state index contributed by atoms with van der Waals surface area (Å²) in [4.78, 5) is 27.0. The third kappa shape index (κ3) is 5.26. The average Bonchev–Trinajstić information content (AvgIpc) is 2.77. The highest BCUT2D eigenvalue weighted by Gasteiger charge is 2.35. The summed E-state index contributed by atoms with van der Waals surface area (Å²) in [5.41, 5.74) is 0.270. The lowest BCUT2D eigenvalue weighted by atomic mass is 9.94. The van der Waals surface area contributed by atoms with E-state index in [-0.39, 0.29) is 52.4 Å². The number of piperidine rings is 2. The van der Waals surface area contributed by atoms with E-state index < -0.39 is 10.0 Å². The number of rotatable bonds is 6. The monoisotopic (exact) mass is 466 g/mol. The maximum Gasteiger partial charge on any atom is 0.310 e. The SMILES string of the molecule is CCOC(=O)[C@@H]1CCCN(C(=O)c2ccc(OC)c(S(=O)(=O)N3C[C@H](C)C[C@H](C)C3)c2)C1. The molecule has 0 bridgehead atoms. The van der Waals surface area contributed by atoms with Crippen LogP contribution in [-0.2, 0) is 19.6 Å². The number of methoxy groups -OCH3 is 1. The topological polar surface area (TPSA) is 93.2 Å². The van der Waals surface area contributed by atoms with Crippen molar-refractivity contribution >= 4 is 21.9 Å². The van der Waals surface area contributed by atoms with Crippen LogP contribution in [0.2, 0.25) is 0 Å². The van der Waals surface area contributed by atoms with Gasteiger partial charge in [-0.1, -0.05) is 13.8 Å². The first kappa shape index (κ1) is 24.5. The Balaban J connectivity index is 1.87. The first-order valence-electron chi connectivity index (χ1n) is 11.3. The van der Waals surface area contributed by atoms with Gasteiger partial charge >= 0.3 is 5.97 Å². The second kappa shape index (κ2) is 10.2. The van der Waals surface area contributed by atoms with Crippen molar-refractivity contribution in [2.45, 2.75) is 44.9 Å². The second-order valence-electron chi connectivity index (χ2n) is 8.98. The number of sulfonamides is 1. The van der Waals surface area contributed by atoms with Crippen LogP contribution in [0.5, 0.6) is 5.75 Å². The van der Waals surface area contributed by atoms with Gasteiger partial charge in [0.05, 0.1) is 19.6 Å². The van der Waals surface area contributed by atoms with Crippen LogP contribution in [-0.4, -0.2) is 69.4 Å². The predicted octanol–water partition coefficient (Wildman–Crippen LogP) is 2.78. The molecule has 1 amide bonds. The molecule has 8 nitrogen and oxygen atoms in total. The van der Waals surface area contributed by atoms with Crippen molar-refractivity contribution in [3.63, 3.8) is 0 Å². The molecule has 32 heavy (non-hydrogen) atoms. The molecule has 0 aromatic heterocycles. The minimum Gasteiger partial charge on any atom is -0.495 e. The van der Waals surface area contributed by atoms with Crippen LogP contribution in [0.15, 0.2) is 23.1 Å². The number of esters is 1. The van der Waals surface area contributed by atoms with Crippen molar-refractivity contribution < 1.29 is 27.5 Å². The molecular weight excluding hydrogens is 432 g/mol. The fourth-order valence-electron chi connectivity index (χ4n) is 4.75. The fourth-order valence-corrected chi connectivity index (χ4v) is 6.61. The Morgan fingerprint density at radius 3 is 2.44 bits per heavy atom. The number of nitrogens with zero attached hydrogens (tertiary/aromatic N) is 2. The Labute approximate surface area is 190 Å². The van der Waals surface area contributed by atoms with E-state index >= 15 is 0 Å². The van der Waals surface area contributed by atoms with Gasteiger partial charge in [-0.25, -0.2) is 8.42 Å². The van der Waals surface area contributed by atoms with E-state index in [0.717, 1.165) is 6.42 Å². The van der Waals surface area contributed by atoms with Crippen molar-refractivity contribution in [3.05, 3.63) is 23.8 Å². The van der Waals surface area contributed by atoms with Gasteiger partial charge in [0.15, 0.2) is 0 Å². The Hall–Kier alpha value is -2.13. The largest absolute Gasteiger partial charge is 0.495 e. The maximum atomic E-state index is 13.5. The zero-order chi connectivity index (χ0) is 23.5. The van der Waals surface area contributed by atoms with E-state index in [4.69, 9.17) is 9.47 Å². The van der Waals surface area contributed by atoms with Gasteiger partial charge in [-0.2, -0.15) is 4.31 Å². The lowest BCUT2D eigenvalue weighted by molar-refractivity contribution is -0.149. The lowest BCUT2D eigenvalue weighted by Crippen LogP contribution is -2.43. The number of benzene rings is 1. The zero-order valence-corrected chi connectivity index (χ0v) is 20.2. The Bertz CT molecular complexity index is 938. The van der Waals surface area contributed by atoms with Crippen LogP contribution in [0.3, 0.4) is 0 Å². The maximum absolute atomic E-state index is 13.5. The highest BCUT2D eigenvalue weighted by atomic mass is 32.2. The van der Waals surface area contributed by atoms with Crippen LogP contribution >= 0.6 is 0 Å². The Morgan fingerprint density at radius 1 is 1.12 bits per heavy atom. The van der Waals surface area contributed by atoms with E-state index in [9.17, 15) is 18.0 Å². The molecule has 2 fully saturated rings. The van der Waals surface area contributed by atoms with Gasteiger partial charge in [0.25, 0.3) is 5.91 Å². The standard InChI is InChI=1S/C23H34N2O6S/c1-5-31-23(27)19-7-6-10-24(15-19)22(26)18-8-9-20(30-4)21(12-18)32(28,29)25-13-16(2)11-17(3)14-25/h8-9,12,16-17,19H,5-7,10-11,13-15H2,1-4H3/t16-,17+,19-/m1/s1. The summed E-state index contributed by atoms with van der Waals surface area (Å²) in [7, 11) is -2.40. The molecule has 0 radical (unpaired) electrons. The molecule has 3 atom stereocenters. The molecule has 2 aliphatic rings. The second-order valence-corrected chi connectivity index (χ2v) is 10.9. The zero-order valence-electron chi connectivity index (χ0n) is 19.4. The smallest absolute Gasteiger partial charge is 0.310 e. The summed E-state index contributed by atoms with van der Waals surface area (Å²) in [5, 5.41) is 0. The minimum absolute atomic E-state index is 0.00565. The Kier molecular flexibility index (Phi) is 7.82. The summed E-state index contributed by atoms with van der Waals surface area (Å²) in [6.07, 6.45) is 2.36. The van der Waals surface area contributed by atoms with Crippen LogP contribution in [0.4, 0.5) is 0 Å². The van der Waals surface area contributed by atoms with E-state index in [0.29, 0.717) is 39.1 Å². The minimum atomic E-state index is -3.83. The Morgan fingerprint density at radius 2 is 1.81 bits per heavy atom.